The fraction of sp³-hybridized carbons (Fsp3) is 0.500. The van der Waals surface area contributed by atoms with E-state index < -0.39 is 0 Å². The van der Waals surface area contributed by atoms with Crippen molar-refractivity contribution in [3.63, 3.8) is 0 Å². The molecule has 1 fully saturated rings. The van der Waals surface area contributed by atoms with E-state index in [0.29, 0.717) is 6.61 Å². The first-order valence-corrected chi connectivity index (χ1v) is 10.6. The van der Waals surface area contributed by atoms with Crippen LogP contribution in [0.5, 0.6) is 11.5 Å². The van der Waals surface area contributed by atoms with Crippen molar-refractivity contribution >= 4 is 0 Å². The van der Waals surface area contributed by atoms with Gasteiger partial charge < -0.3 is 18.7 Å². The van der Waals surface area contributed by atoms with Gasteiger partial charge in [-0.3, -0.25) is 0 Å². The minimum atomic E-state index is 0.700. The fourth-order valence-corrected chi connectivity index (χ4v) is 3.75. The van der Waals surface area contributed by atoms with E-state index in [1.165, 1.54) is 5.56 Å². The zero-order valence-corrected chi connectivity index (χ0v) is 17.1. The molecule has 2 aromatic carbocycles. The van der Waals surface area contributed by atoms with Crippen LogP contribution < -0.4 is 9.47 Å². The van der Waals surface area contributed by atoms with Gasteiger partial charge in [-0.15, -0.1) is 0 Å². The summed E-state index contributed by atoms with van der Waals surface area (Å²) in [5, 5.41) is 0. The Morgan fingerprint density at radius 2 is 1.68 bits per heavy atom. The molecule has 1 saturated heterocycles. The van der Waals surface area contributed by atoms with Crippen LogP contribution in [0.15, 0.2) is 54.6 Å². The van der Waals surface area contributed by atoms with Gasteiger partial charge in [-0.05, 0) is 18.6 Å². The Labute approximate surface area is 169 Å². The van der Waals surface area contributed by atoms with Crippen molar-refractivity contribution in [1.82, 2.24) is 0 Å². The van der Waals surface area contributed by atoms with E-state index >= 15 is 0 Å². The molecule has 0 spiro atoms. The van der Waals surface area contributed by atoms with Crippen LogP contribution in [-0.4, -0.2) is 50.5 Å². The van der Waals surface area contributed by atoms with E-state index in [0.717, 1.165) is 81.2 Å². The Kier molecular flexibility index (Phi) is 8.19. The average Bonchev–Trinajstić information content (AvgIpc) is 2.95. The number of unbranched alkanes of at least 4 members (excludes halogenated alkanes) is 1. The van der Waals surface area contributed by atoms with Gasteiger partial charge in [0, 0.05) is 18.1 Å². The highest BCUT2D eigenvalue weighted by atomic mass is 16.5. The fourth-order valence-electron chi connectivity index (χ4n) is 3.75. The molecule has 0 N–H and O–H groups in total. The van der Waals surface area contributed by atoms with Crippen molar-refractivity contribution in [1.29, 1.82) is 0 Å². The normalized spacial score (nSPS) is 19.8. The molecule has 0 radical (unpaired) electrons. The molecule has 28 heavy (non-hydrogen) atoms. The van der Waals surface area contributed by atoms with Crippen LogP contribution in [0.2, 0.25) is 0 Å². The third kappa shape index (κ3) is 6.54. The van der Waals surface area contributed by atoms with Crippen LogP contribution >= 0.6 is 0 Å². The lowest BCUT2D eigenvalue weighted by molar-refractivity contribution is -0.939. The summed E-state index contributed by atoms with van der Waals surface area (Å²) in [5.74, 6) is 1.78. The Morgan fingerprint density at radius 3 is 2.46 bits per heavy atom. The lowest BCUT2D eigenvalue weighted by atomic mass is 10.1. The molecular weight excluding hydrogens is 350 g/mol. The van der Waals surface area contributed by atoms with Gasteiger partial charge in [-0.25, -0.2) is 0 Å². The van der Waals surface area contributed by atoms with Crippen LogP contribution in [0.3, 0.4) is 0 Å². The summed E-state index contributed by atoms with van der Waals surface area (Å²) in [7, 11) is 0. The van der Waals surface area contributed by atoms with Crippen molar-refractivity contribution in [3.8, 4) is 11.5 Å². The smallest absolute Gasteiger partial charge is 0.137 e. The van der Waals surface area contributed by atoms with Gasteiger partial charge in [-0.1, -0.05) is 49.7 Å². The van der Waals surface area contributed by atoms with Crippen LogP contribution in [0.1, 0.15) is 31.7 Å². The maximum Gasteiger partial charge on any atom is 0.137 e. The number of ether oxygens (including phenoxy) is 3. The Morgan fingerprint density at radius 1 is 0.893 bits per heavy atom. The van der Waals surface area contributed by atoms with E-state index in [4.69, 9.17) is 14.2 Å². The number of hydrogen-bond donors (Lipinski definition) is 0. The highest BCUT2D eigenvalue weighted by molar-refractivity contribution is 5.32. The predicted molar refractivity (Wildman–Crippen MR) is 113 cm³/mol. The van der Waals surface area contributed by atoms with Crippen molar-refractivity contribution in [2.45, 2.75) is 32.7 Å². The van der Waals surface area contributed by atoms with E-state index in [1.807, 2.05) is 24.3 Å². The quantitative estimate of drug-likeness (QED) is 0.440. The lowest BCUT2D eigenvalue weighted by Gasteiger charge is -2.37. The van der Waals surface area contributed by atoms with Crippen molar-refractivity contribution in [2.75, 3.05) is 46.1 Å². The molecule has 0 saturated carbocycles. The Hall–Kier alpha value is -2.04. The molecule has 4 nitrogen and oxygen atoms in total. The second-order valence-corrected chi connectivity index (χ2v) is 7.65. The maximum absolute atomic E-state index is 6.12. The molecule has 0 aliphatic carbocycles. The first kappa shape index (κ1) is 20.7. The predicted octanol–water partition coefficient (Wildman–Crippen LogP) is 4.68. The second-order valence-electron chi connectivity index (χ2n) is 7.65. The molecule has 2 aromatic rings. The SMILES string of the molecule is CCCCOc1cccc(OCC[N+]2(Cc3ccccc3)CCCOCC2)c1. The summed E-state index contributed by atoms with van der Waals surface area (Å²) >= 11 is 0. The summed E-state index contributed by atoms with van der Waals surface area (Å²) in [4.78, 5) is 0. The van der Waals surface area contributed by atoms with Gasteiger partial charge in [0.1, 0.15) is 37.7 Å². The first-order valence-electron chi connectivity index (χ1n) is 10.6. The van der Waals surface area contributed by atoms with Crippen LogP contribution in [-0.2, 0) is 11.3 Å². The van der Waals surface area contributed by atoms with Gasteiger partial charge in [-0.2, -0.15) is 0 Å². The highest BCUT2D eigenvalue weighted by Crippen LogP contribution is 2.22. The topological polar surface area (TPSA) is 27.7 Å². The monoisotopic (exact) mass is 384 g/mol. The molecule has 1 unspecified atom stereocenters. The molecule has 3 rings (SSSR count). The van der Waals surface area contributed by atoms with E-state index in [9.17, 15) is 0 Å². The molecule has 0 amide bonds. The summed E-state index contributed by atoms with van der Waals surface area (Å²) in [6.45, 7) is 9.53. The first-order chi connectivity index (χ1) is 13.8. The number of nitrogens with zero attached hydrogens (tertiary/aromatic N) is 1. The van der Waals surface area contributed by atoms with Gasteiger partial charge in [0.15, 0.2) is 0 Å². The minimum Gasteiger partial charge on any atom is -0.493 e. The van der Waals surface area contributed by atoms with Crippen molar-refractivity contribution in [3.05, 3.63) is 60.2 Å². The second kappa shape index (κ2) is 11.1. The van der Waals surface area contributed by atoms with Crippen molar-refractivity contribution < 1.29 is 18.7 Å². The molecule has 0 bridgehead atoms. The molecule has 0 aromatic heterocycles. The minimum absolute atomic E-state index is 0.700. The van der Waals surface area contributed by atoms with Gasteiger partial charge in [0.05, 0.1) is 26.4 Å². The molecule has 1 heterocycles. The Balaban J connectivity index is 1.58. The summed E-state index contributed by atoms with van der Waals surface area (Å²) in [6.07, 6.45) is 3.32. The zero-order valence-electron chi connectivity index (χ0n) is 17.1. The van der Waals surface area contributed by atoms with Gasteiger partial charge >= 0.3 is 0 Å². The number of rotatable bonds is 10. The van der Waals surface area contributed by atoms with Gasteiger partial charge in [0.25, 0.3) is 0 Å². The van der Waals surface area contributed by atoms with E-state index in [1.54, 1.807) is 0 Å². The molecule has 1 atom stereocenters. The number of benzene rings is 2. The summed E-state index contributed by atoms with van der Waals surface area (Å²) in [6, 6.07) is 18.8. The standard InChI is InChI=1S/C24H34NO3/c1-2-3-17-27-23-11-7-12-24(20-23)28-19-15-25(13-8-16-26-18-14-25)21-22-9-5-4-6-10-22/h4-7,9-12,20H,2-3,8,13-19,21H2,1H3/q+1. The van der Waals surface area contributed by atoms with Crippen LogP contribution in [0.4, 0.5) is 0 Å². The zero-order chi connectivity index (χ0) is 19.5. The van der Waals surface area contributed by atoms with Crippen LogP contribution in [0, 0.1) is 0 Å². The summed E-state index contributed by atoms with van der Waals surface area (Å²) in [5.41, 5.74) is 1.38. The summed E-state index contributed by atoms with van der Waals surface area (Å²) < 4.78 is 18.7. The Bertz CT molecular complexity index is 681. The molecule has 1 aliphatic heterocycles. The molecule has 4 heteroatoms. The van der Waals surface area contributed by atoms with Crippen LogP contribution in [0.25, 0.3) is 0 Å². The third-order valence-electron chi connectivity index (χ3n) is 5.40. The lowest BCUT2D eigenvalue weighted by Crippen LogP contribution is -2.51. The number of quaternary nitrogens is 1. The number of hydrogen-bond acceptors (Lipinski definition) is 3. The van der Waals surface area contributed by atoms with Crippen molar-refractivity contribution in [2.24, 2.45) is 0 Å². The van der Waals surface area contributed by atoms with E-state index in [-0.39, 0.29) is 0 Å². The average molecular weight is 385 g/mol. The highest BCUT2D eigenvalue weighted by Gasteiger charge is 2.29. The molecule has 152 valence electrons. The van der Waals surface area contributed by atoms with E-state index in [2.05, 4.69) is 37.3 Å². The molecular formula is C24H34NO3+. The maximum atomic E-state index is 6.12. The molecule has 1 aliphatic rings. The third-order valence-corrected chi connectivity index (χ3v) is 5.40. The van der Waals surface area contributed by atoms with Gasteiger partial charge in [0.2, 0.25) is 0 Å². The largest absolute Gasteiger partial charge is 0.493 e.